The third-order valence-corrected chi connectivity index (χ3v) is 3.58. The molecule has 19 heavy (non-hydrogen) atoms. The van der Waals surface area contributed by atoms with Gasteiger partial charge in [-0.1, -0.05) is 0 Å². The standard InChI is InChI=1S/C15H21N3O/c1-11-13(9-16)4-5-14(18-11)17-10-12-6-7-19-15(2,3)8-12/h4-5,12H,6-8,10H2,1-3H3,(H,17,18). The highest BCUT2D eigenvalue weighted by Gasteiger charge is 2.28. The summed E-state index contributed by atoms with van der Waals surface area (Å²) in [5.74, 6) is 1.46. The Labute approximate surface area is 114 Å². The Balaban J connectivity index is 1.92. The summed E-state index contributed by atoms with van der Waals surface area (Å²) in [5, 5.41) is 12.2. The Morgan fingerprint density at radius 2 is 2.32 bits per heavy atom. The van der Waals surface area contributed by atoms with E-state index >= 15 is 0 Å². The Hall–Kier alpha value is -1.60. The summed E-state index contributed by atoms with van der Waals surface area (Å²) in [6.07, 6.45) is 2.15. The van der Waals surface area contributed by atoms with Crippen molar-refractivity contribution < 1.29 is 4.74 Å². The zero-order chi connectivity index (χ0) is 13.9. The molecular formula is C15H21N3O. The Kier molecular flexibility index (Phi) is 4.06. The van der Waals surface area contributed by atoms with Gasteiger partial charge in [0.1, 0.15) is 11.9 Å². The lowest BCUT2D eigenvalue weighted by atomic mass is 9.88. The van der Waals surface area contributed by atoms with Crippen LogP contribution in [0.3, 0.4) is 0 Å². The van der Waals surface area contributed by atoms with Crippen molar-refractivity contribution in [3.8, 4) is 6.07 Å². The molecule has 0 aromatic carbocycles. The quantitative estimate of drug-likeness (QED) is 0.906. The van der Waals surface area contributed by atoms with E-state index in [1.807, 2.05) is 19.1 Å². The van der Waals surface area contributed by atoms with E-state index in [0.717, 1.165) is 37.5 Å². The van der Waals surface area contributed by atoms with E-state index < -0.39 is 0 Å². The van der Waals surface area contributed by atoms with Gasteiger partial charge in [-0.25, -0.2) is 4.98 Å². The molecule has 1 fully saturated rings. The molecule has 0 saturated carbocycles. The van der Waals surface area contributed by atoms with Crippen LogP contribution in [-0.2, 0) is 4.74 Å². The first kappa shape index (κ1) is 13.8. The first-order valence-electron chi connectivity index (χ1n) is 6.76. The van der Waals surface area contributed by atoms with Gasteiger partial charge in [0.25, 0.3) is 0 Å². The first-order chi connectivity index (χ1) is 9.00. The number of nitrogens with one attached hydrogen (secondary N) is 1. The van der Waals surface area contributed by atoms with Gasteiger partial charge < -0.3 is 10.1 Å². The molecule has 1 aliphatic rings. The average molecular weight is 259 g/mol. The third kappa shape index (κ3) is 3.68. The summed E-state index contributed by atoms with van der Waals surface area (Å²) >= 11 is 0. The van der Waals surface area contributed by atoms with Crippen molar-refractivity contribution >= 4 is 5.82 Å². The van der Waals surface area contributed by atoms with Crippen molar-refractivity contribution in [2.24, 2.45) is 5.92 Å². The lowest BCUT2D eigenvalue weighted by molar-refractivity contribution is -0.0699. The molecule has 0 aliphatic carbocycles. The van der Waals surface area contributed by atoms with Crippen LogP contribution in [0, 0.1) is 24.2 Å². The SMILES string of the molecule is Cc1nc(NCC2CCOC(C)(C)C2)ccc1C#N. The zero-order valence-electron chi connectivity index (χ0n) is 11.9. The molecule has 0 amide bonds. The van der Waals surface area contributed by atoms with Crippen LogP contribution in [0.4, 0.5) is 5.82 Å². The molecule has 4 nitrogen and oxygen atoms in total. The number of aryl methyl sites for hydroxylation is 1. The van der Waals surface area contributed by atoms with Crippen molar-refractivity contribution in [1.29, 1.82) is 5.26 Å². The molecule has 1 aliphatic heterocycles. The minimum atomic E-state index is -0.0153. The Morgan fingerprint density at radius 1 is 1.53 bits per heavy atom. The molecule has 1 aromatic heterocycles. The summed E-state index contributed by atoms with van der Waals surface area (Å²) in [6.45, 7) is 7.89. The molecule has 0 spiro atoms. The lowest BCUT2D eigenvalue weighted by Gasteiger charge is -2.35. The largest absolute Gasteiger partial charge is 0.376 e. The molecule has 2 heterocycles. The van der Waals surface area contributed by atoms with Crippen LogP contribution in [-0.4, -0.2) is 23.7 Å². The predicted molar refractivity (Wildman–Crippen MR) is 74.9 cm³/mol. The highest BCUT2D eigenvalue weighted by Crippen LogP contribution is 2.28. The van der Waals surface area contributed by atoms with Gasteiger partial charge in [-0.2, -0.15) is 5.26 Å². The zero-order valence-corrected chi connectivity index (χ0v) is 11.9. The number of pyridine rings is 1. The molecule has 1 unspecified atom stereocenters. The van der Waals surface area contributed by atoms with Crippen molar-refractivity contribution in [2.75, 3.05) is 18.5 Å². The molecule has 4 heteroatoms. The van der Waals surface area contributed by atoms with E-state index in [-0.39, 0.29) is 5.60 Å². The molecule has 1 atom stereocenters. The summed E-state index contributed by atoms with van der Waals surface area (Å²) in [5.41, 5.74) is 1.40. The highest BCUT2D eigenvalue weighted by atomic mass is 16.5. The van der Waals surface area contributed by atoms with Crippen molar-refractivity contribution in [2.45, 2.75) is 39.2 Å². The van der Waals surface area contributed by atoms with E-state index in [0.29, 0.717) is 11.5 Å². The second-order valence-corrected chi connectivity index (χ2v) is 5.79. The average Bonchev–Trinajstić information content (AvgIpc) is 2.35. The van der Waals surface area contributed by atoms with Gasteiger partial charge in [-0.15, -0.1) is 0 Å². The second kappa shape index (κ2) is 5.58. The maximum Gasteiger partial charge on any atom is 0.126 e. The molecule has 102 valence electrons. The smallest absolute Gasteiger partial charge is 0.126 e. The molecule has 1 aromatic rings. The number of nitrogens with zero attached hydrogens (tertiary/aromatic N) is 2. The topological polar surface area (TPSA) is 57.9 Å². The van der Waals surface area contributed by atoms with E-state index in [4.69, 9.17) is 10.00 Å². The van der Waals surface area contributed by atoms with E-state index in [9.17, 15) is 0 Å². The van der Waals surface area contributed by atoms with Gasteiger partial charge in [0, 0.05) is 13.2 Å². The fourth-order valence-electron chi connectivity index (χ4n) is 2.56. The summed E-state index contributed by atoms with van der Waals surface area (Å²) < 4.78 is 5.72. The summed E-state index contributed by atoms with van der Waals surface area (Å²) in [6, 6.07) is 5.82. The molecule has 1 N–H and O–H groups in total. The van der Waals surface area contributed by atoms with Crippen LogP contribution >= 0.6 is 0 Å². The maximum atomic E-state index is 8.88. The number of nitriles is 1. The molecule has 0 bridgehead atoms. The summed E-state index contributed by atoms with van der Waals surface area (Å²) in [7, 11) is 0. The normalized spacial score (nSPS) is 21.7. The fraction of sp³-hybridized carbons (Fsp3) is 0.600. The first-order valence-corrected chi connectivity index (χ1v) is 6.76. The van der Waals surface area contributed by atoms with Gasteiger partial charge in [0.15, 0.2) is 0 Å². The van der Waals surface area contributed by atoms with E-state index in [1.165, 1.54) is 0 Å². The van der Waals surface area contributed by atoms with E-state index in [1.54, 1.807) is 0 Å². The fourth-order valence-corrected chi connectivity index (χ4v) is 2.56. The van der Waals surface area contributed by atoms with E-state index in [2.05, 4.69) is 30.2 Å². The van der Waals surface area contributed by atoms with Crippen molar-refractivity contribution in [1.82, 2.24) is 4.98 Å². The molecule has 2 rings (SSSR count). The number of hydrogen-bond acceptors (Lipinski definition) is 4. The van der Waals surface area contributed by atoms with Crippen LogP contribution in [0.15, 0.2) is 12.1 Å². The van der Waals surface area contributed by atoms with Crippen LogP contribution < -0.4 is 5.32 Å². The Bertz CT molecular complexity index is 491. The Morgan fingerprint density at radius 3 is 2.95 bits per heavy atom. The second-order valence-electron chi connectivity index (χ2n) is 5.79. The van der Waals surface area contributed by atoms with Gasteiger partial charge in [-0.3, -0.25) is 0 Å². The maximum absolute atomic E-state index is 8.88. The van der Waals surface area contributed by atoms with Crippen LogP contribution in [0.5, 0.6) is 0 Å². The molecule has 1 saturated heterocycles. The van der Waals surface area contributed by atoms with Gasteiger partial charge >= 0.3 is 0 Å². The van der Waals surface area contributed by atoms with Crippen LogP contribution in [0.25, 0.3) is 0 Å². The van der Waals surface area contributed by atoms with Crippen LogP contribution in [0.2, 0.25) is 0 Å². The van der Waals surface area contributed by atoms with Crippen molar-refractivity contribution in [3.63, 3.8) is 0 Å². The van der Waals surface area contributed by atoms with Gasteiger partial charge in [0.2, 0.25) is 0 Å². The van der Waals surface area contributed by atoms with Crippen LogP contribution in [0.1, 0.15) is 37.9 Å². The number of anilines is 1. The summed E-state index contributed by atoms with van der Waals surface area (Å²) in [4.78, 5) is 4.40. The van der Waals surface area contributed by atoms with Gasteiger partial charge in [-0.05, 0) is 51.7 Å². The number of ether oxygens (including phenoxy) is 1. The monoisotopic (exact) mass is 259 g/mol. The third-order valence-electron chi connectivity index (χ3n) is 3.58. The highest BCUT2D eigenvalue weighted by molar-refractivity contribution is 5.42. The number of hydrogen-bond donors (Lipinski definition) is 1. The molecule has 0 radical (unpaired) electrons. The predicted octanol–water partition coefficient (Wildman–Crippen LogP) is 2.88. The minimum Gasteiger partial charge on any atom is -0.376 e. The molecular weight excluding hydrogens is 238 g/mol. The lowest BCUT2D eigenvalue weighted by Crippen LogP contribution is -2.36. The number of rotatable bonds is 3. The number of aromatic nitrogens is 1. The van der Waals surface area contributed by atoms with Crippen molar-refractivity contribution in [3.05, 3.63) is 23.4 Å². The minimum absolute atomic E-state index is 0.0153. The van der Waals surface area contributed by atoms with Gasteiger partial charge in [0.05, 0.1) is 16.9 Å².